The van der Waals surface area contributed by atoms with Gasteiger partial charge < -0.3 is 9.64 Å². The molecule has 1 aliphatic rings. The van der Waals surface area contributed by atoms with E-state index in [0.29, 0.717) is 29.6 Å². The minimum absolute atomic E-state index is 0.0888. The molecule has 0 unspecified atom stereocenters. The van der Waals surface area contributed by atoms with Crippen LogP contribution in [0, 0.1) is 5.92 Å². The minimum atomic E-state index is -0.451. The number of benzene rings is 3. The fraction of sp³-hybridized carbons (Fsp3) is 0.167. The lowest BCUT2D eigenvalue weighted by molar-refractivity contribution is -0.125. The van der Waals surface area contributed by atoms with Crippen LogP contribution in [0.3, 0.4) is 0 Å². The zero-order valence-corrected chi connectivity index (χ0v) is 17.5. The number of para-hydroxylation sites is 2. The van der Waals surface area contributed by atoms with E-state index in [0.717, 1.165) is 11.3 Å². The quantitative estimate of drug-likeness (QED) is 0.539. The number of carbonyl (C=O) groups excluding carboxylic acids is 2. The average molecular weight is 436 g/mol. The third-order valence-electron chi connectivity index (χ3n) is 5.08. The molecule has 1 saturated heterocycles. The molecule has 3 aromatic carbocycles. The van der Waals surface area contributed by atoms with Crippen molar-refractivity contribution in [2.45, 2.75) is 13.0 Å². The Kier molecular flexibility index (Phi) is 6.38. The molecular weight excluding hydrogens is 414 g/mol. The van der Waals surface area contributed by atoms with Crippen LogP contribution in [0.2, 0.25) is 5.02 Å². The second-order valence-corrected chi connectivity index (χ2v) is 7.70. The number of carbonyl (C=O) groups is 2. The number of hydrogen-bond acceptors (Lipinski definition) is 4. The van der Waals surface area contributed by atoms with Crippen LogP contribution in [0.5, 0.6) is 5.75 Å². The summed E-state index contributed by atoms with van der Waals surface area (Å²) in [5.74, 6) is -0.165. The number of hydrogen-bond donors (Lipinski definition) is 2. The first-order valence-electron chi connectivity index (χ1n) is 9.98. The molecule has 0 spiro atoms. The maximum absolute atomic E-state index is 12.7. The molecule has 0 bridgehead atoms. The second kappa shape index (κ2) is 9.53. The van der Waals surface area contributed by atoms with Crippen LogP contribution in [0.4, 0.5) is 11.4 Å². The predicted octanol–water partition coefficient (Wildman–Crippen LogP) is 4.42. The lowest BCUT2D eigenvalue weighted by Gasteiger charge is -2.18. The highest BCUT2D eigenvalue weighted by atomic mass is 35.5. The summed E-state index contributed by atoms with van der Waals surface area (Å²) in [4.78, 5) is 26.7. The van der Waals surface area contributed by atoms with E-state index < -0.39 is 5.92 Å². The highest BCUT2D eigenvalue weighted by molar-refractivity contribution is 6.30. The fourth-order valence-electron chi connectivity index (χ4n) is 3.42. The maximum Gasteiger partial charge on any atom is 0.243 e. The summed E-state index contributed by atoms with van der Waals surface area (Å²) in [7, 11) is 0. The molecule has 2 amide bonds. The normalized spacial score (nSPS) is 15.6. The van der Waals surface area contributed by atoms with Gasteiger partial charge in [-0.15, -0.1) is 0 Å². The zero-order chi connectivity index (χ0) is 21.6. The molecule has 1 fully saturated rings. The van der Waals surface area contributed by atoms with Crippen LogP contribution in [0.15, 0.2) is 78.9 Å². The summed E-state index contributed by atoms with van der Waals surface area (Å²) < 4.78 is 5.90. The monoisotopic (exact) mass is 435 g/mol. The van der Waals surface area contributed by atoms with E-state index >= 15 is 0 Å². The lowest BCUT2D eigenvalue weighted by atomic mass is 10.1. The van der Waals surface area contributed by atoms with Gasteiger partial charge in [0.15, 0.2) is 0 Å². The largest absolute Gasteiger partial charge is 0.487 e. The molecule has 0 radical (unpaired) electrons. The fourth-order valence-corrected chi connectivity index (χ4v) is 3.54. The molecule has 1 aliphatic heterocycles. The summed E-state index contributed by atoms with van der Waals surface area (Å²) >= 11 is 5.92. The van der Waals surface area contributed by atoms with Crippen molar-refractivity contribution in [3.05, 3.63) is 89.4 Å². The van der Waals surface area contributed by atoms with Crippen molar-refractivity contribution in [3.63, 3.8) is 0 Å². The molecule has 2 N–H and O–H groups in total. The third kappa shape index (κ3) is 5.16. The van der Waals surface area contributed by atoms with Gasteiger partial charge in [0.05, 0.1) is 11.6 Å². The van der Waals surface area contributed by atoms with E-state index in [1.165, 1.54) is 0 Å². The number of nitrogens with zero attached hydrogens (tertiary/aromatic N) is 1. The summed E-state index contributed by atoms with van der Waals surface area (Å²) in [6.45, 7) is 0.737. The molecule has 7 heteroatoms. The Morgan fingerprint density at radius 3 is 2.48 bits per heavy atom. The first kappa shape index (κ1) is 20.8. The van der Waals surface area contributed by atoms with E-state index in [-0.39, 0.29) is 18.2 Å². The third-order valence-corrected chi connectivity index (χ3v) is 5.33. The Bertz CT molecular complexity index is 1060. The molecule has 4 rings (SSSR count). The van der Waals surface area contributed by atoms with Crippen molar-refractivity contribution in [2.75, 3.05) is 16.9 Å². The zero-order valence-electron chi connectivity index (χ0n) is 16.8. The van der Waals surface area contributed by atoms with Crippen molar-refractivity contribution >= 4 is 34.8 Å². The highest BCUT2D eigenvalue weighted by Gasteiger charge is 2.35. The predicted molar refractivity (Wildman–Crippen MR) is 121 cm³/mol. The first-order chi connectivity index (χ1) is 15.1. The van der Waals surface area contributed by atoms with Gasteiger partial charge in [-0.1, -0.05) is 54.1 Å². The van der Waals surface area contributed by atoms with Gasteiger partial charge in [-0.2, -0.15) is 0 Å². The van der Waals surface area contributed by atoms with Crippen LogP contribution in [-0.2, 0) is 16.2 Å². The van der Waals surface area contributed by atoms with Gasteiger partial charge in [0.2, 0.25) is 11.8 Å². The molecular formula is C24H22ClN3O3. The highest BCUT2D eigenvalue weighted by Crippen LogP contribution is 2.27. The molecule has 0 aromatic heterocycles. The standard InChI is InChI=1S/C24H22ClN3O3/c25-19-10-12-20(13-11-19)28-15-18(14-23(28)29)24(30)27-26-21-8-4-5-9-22(21)31-16-17-6-2-1-3-7-17/h1-13,18,26H,14-16H2,(H,27,30)/t18-/m0/s1. The van der Waals surface area contributed by atoms with Crippen LogP contribution in [-0.4, -0.2) is 18.4 Å². The van der Waals surface area contributed by atoms with Gasteiger partial charge in [0, 0.05) is 23.7 Å². The Balaban J connectivity index is 1.35. The van der Waals surface area contributed by atoms with E-state index in [2.05, 4.69) is 10.9 Å². The van der Waals surface area contributed by atoms with Gasteiger partial charge in [0.25, 0.3) is 0 Å². The number of ether oxygens (including phenoxy) is 1. The van der Waals surface area contributed by atoms with E-state index in [9.17, 15) is 9.59 Å². The smallest absolute Gasteiger partial charge is 0.243 e. The van der Waals surface area contributed by atoms with Gasteiger partial charge in [0.1, 0.15) is 12.4 Å². The topological polar surface area (TPSA) is 70.7 Å². The number of anilines is 2. The number of nitrogens with one attached hydrogen (secondary N) is 2. The van der Waals surface area contributed by atoms with Crippen LogP contribution in [0.25, 0.3) is 0 Å². The van der Waals surface area contributed by atoms with Crippen molar-refractivity contribution in [2.24, 2.45) is 5.92 Å². The van der Waals surface area contributed by atoms with Gasteiger partial charge in [-0.05, 0) is 42.0 Å². The second-order valence-electron chi connectivity index (χ2n) is 7.27. The van der Waals surface area contributed by atoms with Crippen LogP contribution in [0.1, 0.15) is 12.0 Å². The Morgan fingerprint density at radius 1 is 1.00 bits per heavy atom. The number of hydrazine groups is 1. The van der Waals surface area contributed by atoms with Gasteiger partial charge in [-0.25, -0.2) is 0 Å². The van der Waals surface area contributed by atoms with Gasteiger partial charge >= 0.3 is 0 Å². The first-order valence-corrected chi connectivity index (χ1v) is 10.4. The molecule has 31 heavy (non-hydrogen) atoms. The van der Waals surface area contributed by atoms with Crippen LogP contribution < -0.4 is 20.5 Å². The lowest BCUT2D eigenvalue weighted by Crippen LogP contribution is -2.36. The molecule has 6 nitrogen and oxygen atoms in total. The number of amides is 2. The summed E-state index contributed by atoms with van der Waals surface area (Å²) in [6.07, 6.45) is 0.155. The van der Waals surface area contributed by atoms with Gasteiger partial charge in [-0.3, -0.25) is 20.4 Å². The van der Waals surface area contributed by atoms with Crippen molar-refractivity contribution in [3.8, 4) is 5.75 Å². The Hall–Kier alpha value is -3.51. The van der Waals surface area contributed by atoms with E-state index in [1.807, 2.05) is 54.6 Å². The summed E-state index contributed by atoms with van der Waals surface area (Å²) in [6, 6.07) is 24.2. The Labute approximate surface area is 185 Å². The van der Waals surface area contributed by atoms with Crippen molar-refractivity contribution < 1.29 is 14.3 Å². The number of halogens is 1. The van der Waals surface area contributed by atoms with E-state index in [4.69, 9.17) is 16.3 Å². The molecule has 3 aromatic rings. The minimum Gasteiger partial charge on any atom is -0.487 e. The molecule has 158 valence electrons. The summed E-state index contributed by atoms with van der Waals surface area (Å²) in [5, 5.41) is 0.599. The molecule has 1 atom stereocenters. The Morgan fingerprint density at radius 2 is 1.71 bits per heavy atom. The van der Waals surface area contributed by atoms with Crippen LogP contribution >= 0.6 is 11.6 Å². The number of rotatable bonds is 7. The van der Waals surface area contributed by atoms with E-state index in [1.54, 1.807) is 29.2 Å². The molecule has 0 saturated carbocycles. The van der Waals surface area contributed by atoms with Crippen molar-refractivity contribution in [1.82, 2.24) is 5.43 Å². The maximum atomic E-state index is 12.7. The SMILES string of the molecule is O=C(NNc1ccccc1OCc1ccccc1)[C@H]1CC(=O)N(c2ccc(Cl)cc2)C1. The van der Waals surface area contributed by atoms with Crippen molar-refractivity contribution in [1.29, 1.82) is 0 Å². The molecule has 1 heterocycles. The average Bonchev–Trinajstić information content (AvgIpc) is 3.19. The summed E-state index contributed by atoms with van der Waals surface area (Å²) in [5.41, 5.74) is 8.07. The molecule has 0 aliphatic carbocycles.